The molecule has 1 atom stereocenters. The first-order chi connectivity index (χ1) is 5.72. The van der Waals surface area contributed by atoms with Crippen molar-refractivity contribution in [1.82, 2.24) is 0 Å². The normalized spacial score (nSPS) is 14.8. The van der Waals surface area contributed by atoms with Crippen LogP contribution in [0, 0.1) is 19.8 Å². The highest BCUT2D eigenvalue weighted by atomic mass is 14.1. The molecule has 0 rings (SSSR count). The molecular weight excluding hydrogens is 144 g/mol. The molecule has 12 heavy (non-hydrogen) atoms. The van der Waals surface area contributed by atoms with E-state index < -0.39 is 0 Å². The van der Waals surface area contributed by atoms with E-state index >= 15 is 0 Å². The Balaban J connectivity index is 3.65. The summed E-state index contributed by atoms with van der Waals surface area (Å²) >= 11 is 0. The van der Waals surface area contributed by atoms with Crippen molar-refractivity contribution in [2.24, 2.45) is 5.92 Å². The van der Waals surface area contributed by atoms with E-state index in [0.717, 1.165) is 12.8 Å². The zero-order valence-corrected chi connectivity index (χ0v) is 8.60. The molecule has 0 aliphatic carbocycles. The summed E-state index contributed by atoms with van der Waals surface area (Å²) in [6.07, 6.45) is 8.07. The Hall–Kier alpha value is -0.260. The Morgan fingerprint density at radius 1 is 1.33 bits per heavy atom. The third-order valence-electron chi connectivity index (χ3n) is 2.33. The van der Waals surface area contributed by atoms with E-state index in [1.54, 1.807) is 0 Å². The second-order valence-corrected chi connectivity index (χ2v) is 3.49. The van der Waals surface area contributed by atoms with Crippen molar-refractivity contribution in [2.45, 2.75) is 46.0 Å². The zero-order chi connectivity index (χ0) is 9.40. The summed E-state index contributed by atoms with van der Waals surface area (Å²) in [6, 6.07) is 0. The molecule has 0 aliphatic rings. The Labute approximate surface area is 78.1 Å². The summed E-state index contributed by atoms with van der Waals surface area (Å²) in [5.41, 5.74) is 1.52. The van der Waals surface area contributed by atoms with Gasteiger partial charge in [0.05, 0.1) is 0 Å². The van der Waals surface area contributed by atoms with Gasteiger partial charge in [-0.05, 0) is 32.1 Å². The first kappa shape index (κ1) is 11.7. The van der Waals surface area contributed by atoms with Gasteiger partial charge in [0.15, 0.2) is 0 Å². The third-order valence-corrected chi connectivity index (χ3v) is 2.33. The molecule has 0 spiro atoms. The molecule has 0 fully saturated rings. The molecule has 0 saturated carbocycles. The van der Waals surface area contributed by atoms with Crippen molar-refractivity contribution in [3.63, 3.8) is 0 Å². The number of unbranched alkanes of at least 4 members (excludes halogenated alkanes) is 2. The molecule has 0 aliphatic heterocycles. The van der Waals surface area contributed by atoms with E-state index in [4.69, 9.17) is 0 Å². The lowest BCUT2D eigenvalue weighted by molar-refractivity contribution is 0.616. The maximum Gasteiger partial charge on any atom is -0.0234 e. The SMILES string of the molecule is [CH2]CCCC=C(C)C(C)CC[CH2]. The molecule has 0 aromatic carbocycles. The van der Waals surface area contributed by atoms with Crippen LogP contribution >= 0.6 is 0 Å². The van der Waals surface area contributed by atoms with E-state index in [1.807, 2.05) is 0 Å². The van der Waals surface area contributed by atoms with E-state index in [0.29, 0.717) is 5.92 Å². The molecule has 0 amide bonds. The van der Waals surface area contributed by atoms with Crippen molar-refractivity contribution < 1.29 is 0 Å². The smallest absolute Gasteiger partial charge is 0.0234 e. The summed E-state index contributed by atoms with van der Waals surface area (Å²) < 4.78 is 0. The maximum atomic E-state index is 3.87. The highest BCUT2D eigenvalue weighted by Gasteiger charge is 2.01. The van der Waals surface area contributed by atoms with E-state index in [-0.39, 0.29) is 0 Å². The lowest BCUT2D eigenvalue weighted by Crippen LogP contribution is -1.95. The van der Waals surface area contributed by atoms with E-state index in [2.05, 4.69) is 33.8 Å². The van der Waals surface area contributed by atoms with Crippen molar-refractivity contribution in [3.8, 4) is 0 Å². The fraction of sp³-hybridized carbons (Fsp3) is 0.667. The molecule has 1 unspecified atom stereocenters. The minimum absolute atomic E-state index is 0.715. The predicted octanol–water partition coefficient (Wildman–Crippen LogP) is 4.19. The fourth-order valence-electron chi connectivity index (χ4n) is 1.21. The van der Waals surface area contributed by atoms with Gasteiger partial charge in [0, 0.05) is 0 Å². The Morgan fingerprint density at radius 3 is 2.50 bits per heavy atom. The van der Waals surface area contributed by atoms with Crippen LogP contribution in [-0.2, 0) is 0 Å². The van der Waals surface area contributed by atoms with Gasteiger partial charge in [0.2, 0.25) is 0 Å². The van der Waals surface area contributed by atoms with Crippen LogP contribution in [0.1, 0.15) is 46.0 Å². The summed E-state index contributed by atoms with van der Waals surface area (Å²) in [7, 11) is 0. The van der Waals surface area contributed by atoms with Gasteiger partial charge in [0.25, 0.3) is 0 Å². The first-order valence-electron chi connectivity index (χ1n) is 4.97. The highest BCUT2D eigenvalue weighted by molar-refractivity contribution is 5.01. The largest absolute Gasteiger partial charge is 0.0853 e. The second-order valence-electron chi connectivity index (χ2n) is 3.49. The number of hydrogen-bond acceptors (Lipinski definition) is 0. The van der Waals surface area contributed by atoms with Gasteiger partial charge in [-0.2, -0.15) is 0 Å². The lowest BCUT2D eigenvalue weighted by atomic mass is 9.96. The standard InChI is InChI=1S/C12H22/c1-5-7-8-10-12(4)11(3)9-6-2/h10-11H,1-2,5-9H2,3-4H3. The first-order valence-corrected chi connectivity index (χ1v) is 4.97. The van der Waals surface area contributed by atoms with Crippen LogP contribution < -0.4 is 0 Å². The molecule has 0 nitrogen and oxygen atoms in total. The van der Waals surface area contributed by atoms with Crippen molar-refractivity contribution in [3.05, 3.63) is 25.5 Å². The molecule has 0 N–H and O–H groups in total. The highest BCUT2D eigenvalue weighted by Crippen LogP contribution is 2.16. The van der Waals surface area contributed by atoms with Crippen molar-refractivity contribution >= 4 is 0 Å². The van der Waals surface area contributed by atoms with Crippen molar-refractivity contribution in [1.29, 1.82) is 0 Å². The molecule has 0 heteroatoms. The fourth-order valence-corrected chi connectivity index (χ4v) is 1.21. The maximum absolute atomic E-state index is 3.87. The zero-order valence-electron chi connectivity index (χ0n) is 8.60. The van der Waals surface area contributed by atoms with Gasteiger partial charge >= 0.3 is 0 Å². The molecule has 70 valence electrons. The third kappa shape index (κ3) is 5.40. The number of allylic oxidation sites excluding steroid dienone is 2. The van der Waals surface area contributed by atoms with Crippen LogP contribution in [0.2, 0.25) is 0 Å². The quantitative estimate of drug-likeness (QED) is 0.410. The molecule has 0 aromatic heterocycles. The van der Waals surface area contributed by atoms with Crippen LogP contribution in [0.15, 0.2) is 11.6 Å². The number of hydrogen-bond donors (Lipinski definition) is 0. The van der Waals surface area contributed by atoms with Gasteiger partial charge in [-0.15, -0.1) is 0 Å². The predicted molar refractivity (Wildman–Crippen MR) is 56.7 cm³/mol. The van der Waals surface area contributed by atoms with Crippen LogP contribution in [0.5, 0.6) is 0 Å². The van der Waals surface area contributed by atoms with Crippen LogP contribution in [0.25, 0.3) is 0 Å². The minimum atomic E-state index is 0.715. The monoisotopic (exact) mass is 166 g/mol. The Kier molecular flexibility index (Phi) is 7.23. The summed E-state index contributed by atoms with van der Waals surface area (Å²) in [6.45, 7) is 12.2. The van der Waals surface area contributed by atoms with Gasteiger partial charge < -0.3 is 0 Å². The van der Waals surface area contributed by atoms with Gasteiger partial charge in [-0.3, -0.25) is 0 Å². The Bertz CT molecular complexity index is 122. The van der Waals surface area contributed by atoms with Crippen LogP contribution in [0.4, 0.5) is 0 Å². The average Bonchev–Trinajstić information content (AvgIpc) is 2.05. The van der Waals surface area contributed by atoms with Crippen LogP contribution in [0.3, 0.4) is 0 Å². The van der Waals surface area contributed by atoms with E-state index in [9.17, 15) is 0 Å². The van der Waals surface area contributed by atoms with Gasteiger partial charge in [-0.1, -0.05) is 45.3 Å². The molecule has 0 saturated heterocycles. The topological polar surface area (TPSA) is 0 Å². The molecule has 0 aromatic rings. The molecule has 2 radical (unpaired) electrons. The Morgan fingerprint density at radius 2 is 2.00 bits per heavy atom. The average molecular weight is 166 g/mol. The van der Waals surface area contributed by atoms with Gasteiger partial charge in [0.1, 0.15) is 0 Å². The molecular formula is C12H22. The summed E-state index contributed by atoms with van der Waals surface area (Å²) in [5, 5.41) is 0. The second kappa shape index (κ2) is 7.39. The van der Waals surface area contributed by atoms with Crippen LogP contribution in [-0.4, -0.2) is 0 Å². The molecule has 0 bridgehead atoms. The van der Waals surface area contributed by atoms with Crippen molar-refractivity contribution in [2.75, 3.05) is 0 Å². The van der Waals surface area contributed by atoms with E-state index in [1.165, 1.54) is 24.8 Å². The molecule has 0 heterocycles. The summed E-state index contributed by atoms with van der Waals surface area (Å²) in [4.78, 5) is 0. The summed E-state index contributed by atoms with van der Waals surface area (Å²) in [5.74, 6) is 0.715. The van der Waals surface area contributed by atoms with Gasteiger partial charge in [-0.25, -0.2) is 0 Å². The lowest BCUT2D eigenvalue weighted by Gasteiger charge is -2.10. The minimum Gasteiger partial charge on any atom is -0.0853 e. The number of rotatable bonds is 6.